The number of likely N-dealkylation sites (N-methyl/N-ethyl adjacent to an activating group) is 1. The summed E-state index contributed by atoms with van der Waals surface area (Å²) in [6.07, 6.45) is 6.62. The smallest absolute Gasteiger partial charge is 0.253 e. The second-order valence-corrected chi connectivity index (χ2v) is 8.99. The van der Waals surface area contributed by atoms with E-state index in [1.807, 2.05) is 65.3 Å². The Morgan fingerprint density at radius 3 is 2.71 bits per heavy atom. The van der Waals surface area contributed by atoms with Gasteiger partial charge >= 0.3 is 0 Å². The molecule has 0 bridgehead atoms. The lowest BCUT2D eigenvalue weighted by Crippen LogP contribution is -2.33. The molecule has 4 aromatic rings. The molecule has 1 atom stereocenters. The summed E-state index contributed by atoms with van der Waals surface area (Å²) in [6.45, 7) is 5.87. The number of nitrogens with zero attached hydrogens (tertiary/aromatic N) is 5. The lowest BCUT2D eigenvalue weighted by Gasteiger charge is -2.16. The minimum absolute atomic E-state index is 0.0681. The van der Waals surface area contributed by atoms with Crippen molar-refractivity contribution in [3.8, 4) is 11.3 Å². The van der Waals surface area contributed by atoms with Gasteiger partial charge in [0.15, 0.2) is 0 Å². The van der Waals surface area contributed by atoms with Gasteiger partial charge in [0, 0.05) is 53.9 Å². The van der Waals surface area contributed by atoms with Crippen LogP contribution in [0.15, 0.2) is 61.1 Å². The van der Waals surface area contributed by atoms with Gasteiger partial charge in [-0.1, -0.05) is 13.8 Å². The van der Waals surface area contributed by atoms with Crippen molar-refractivity contribution in [1.82, 2.24) is 29.8 Å². The maximum Gasteiger partial charge on any atom is 0.253 e. The number of anilines is 2. The van der Waals surface area contributed by atoms with Crippen molar-refractivity contribution in [2.24, 2.45) is 0 Å². The zero-order valence-corrected chi connectivity index (χ0v) is 19.7. The summed E-state index contributed by atoms with van der Waals surface area (Å²) >= 11 is 0. The van der Waals surface area contributed by atoms with Crippen LogP contribution in [0.2, 0.25) is 0 Å². The third kappa shape index (κ3) is 4.36. The number of fused-ring (bicyclic) bond motifs is 1. The number of benzene rings is 1. The molecule has 0 aliphatic carbocycles. The maximum atomic E-state index is 12.8. The van der Waals surface area contributed by atoms with E-state index in [0.717, 1.165) is 42.0 Å². The molecule has 3 aromatic heterocycles. The van der Waals surface area contributed by atoms with E-state index >= 15 is 0 Å². The van der Waals surface area contributed by atoms with Gasteiger partial charge in [-0.15, -0.1) is 0 Å². The molecule has 4 heterocycles. The molecule has 2 N–H and O–H groups in total. The van der Waals surface area contributed by atoms with Crippen LogP contribution >= 0.6 is 0 Å². The van der Waals surface area contributed by atoms with Gasteiger partial charge in [0.2, 0.25) is 5.95 Å². The van der Waals surface area contributed by atoms with E-state index in [-0.39, 0.29) is 5.91 Å². The third-order valence-electron chi connectivity index (χ3n) is 6.40. The Morgan fingerprint density at radius 2 is 1.97 bits per heavy atom. The van der Waals surface area contributed by atoms with Gasteiger partial charge in [-0.3, -0.25) is 4.79 Å². The molecule has 1 aromatic carbocycles. The fourth-order valence-electron chi connectivity index (χ4n) is 4.37. The van der Waals surface area contributed by atoms with Crippen LogP contribution < -0.4 is 10.6 Å². The fraction of sp³-hybridized carbons (Fsp3) is 0.308. The second kappa shape index (κ2) is 9.23. The number of nitrogens with one attached hydrogen (secondary N) is 2. The summed E-state index contributed by atoms with van der Waals surface area (Å²) < 4.78 is 1.89. The molecule has 1 amide bonds. The van der Waals surface area contributed by atoms with Gasteiger partial charge in [-0.2, -0.15) is 5.10 Å². The SMILES string of the molecule is CNC1CCN(C(=O)c2ccc(Nc3nccc(-c4ccn5ncc(C(C)C)c5c4)n3)cc2)C1. The van der Waals surface area contributed by atoms with Crippen molar-refractivity contribution < 1.29 is 4.79 Å². The van der Waals surface area contributed by atoms with E-state index < -0.39 is 0 Å². The molecule has 0 saturated carbocycles. The highest BCUT2D eigenvalue weighted by Crippen LogP contribution is 2.26. The summed E-state index contributed by atoms with van der Waals surface area (Å²) in [4.78, 5) is 23.8. The van der Waals surface area contributed by atoms with Crippen LogP contribution in [-0.2, 0) is 0 Å². The molecule has 8 heteroatoms. The Balaban J connectivity index is 1.32. The molecular formula is C26H29N7O. The molecule has 5 rings (SSSR count). The summed E-state index contributed by atoms with van der Waals surface area (Å²) in [5.74, 6) is 0.962. The number of amides is 1. The van der Waals surface area contributed by atoms with Crippen LogP contribution in [0.3, 0.4) is 0 Å². The topological polar surface area (TPSA) is 87.5 Å². The molecule has 1 saturated heterocycles. The van der Waals surface area contributed by atoms with Gasteiger partial charge in [0.1, 0.15) is 0 Å². The lowest BCUT2D eigenvalue weighted by molar-refractivity contribution is 0.0789. The van der Waals surface area contributed by atoms with E-state index in [1.54, 1.807) is 6.20 Å². The zero-order chi connectivity index (χ0) is 23.7. The molecular weight excluding hydrogens is 426 g/mol. The average Bonchev–Trinajstić information content (AvgIpc) is 3.51. The second-order valence-electron chi connectivity index (χ2n) is 8.99. The van der Waals surface area contributed by atoms with Crippen molar-refractivity contribution >= 4 is 23.1 Å². The van der Waals surface area contributed by atoms with Crippen molar-refractivity contribution in [2.45, 2.75) is 32.2 Å². The van der Waals surface area contributed by atoms with Gasteiger partial charge in [-0.25, -0.2) is 14.5 Å². The van der Waals surface area contributed by atoms with Crippen LogP contribution in [-0.4, -0.2) is 56.6 Å². The summed E-state index contributed by atoms with van der Waals surface area (Å²) in [7, 11) is 1.94. The highest BCUT2D eigenvalue weighted by molar-refractivity contribution is 5.94. The molecule has 1 aliphatic rings. The normalized spacial score (nSPS) is 15.9. The predicted molar refractivity (Wildman–Crippen MR) is 133 cm³/mol. The summed E-state index contributed by atoms with van der Waals surface area (Å²) in [5.41, 5.74) is 5.64. The number of rotatable bonds is 6. The predicted octanol–water partition coefficient (Wildman–Crippen LogP) is 4.09. The van der Waals surface area contributed by atoms with Crippen LogP contribution in [0.1, 0.15) is 42.1 Å². The number of likely N-dealkylation sites (tertiary alicyclic amines) is 1. The number of carbonyl (C=O) groups excluding carboxylic acids is 1. The van der Waals surface area contributed by atoms with Crippen LogP contribution in [0, 0.1) is 0 Å². The first-order chi connectivity index (χ1) is 16.5. The number of hydrogen-bond donors (Lipinski definition) is 2. The molecule has 1 fully saturated rings. The van der Waals surface area contributed by atoms with Gasteiger partial charge < -0.3 is 15.5 Å². The average molecular weight is 456 g/mol. The van der Waals surface area contributed by atoms with E-state index in [9.17, 15) is 4.79 Å². The van der Waals surface area contributed by atoms with Gasteiger partial charge in [0.05, 0.1) is 17.4 Å². The quantitative estimate of drug-likeness (QED) is 0.455. The fourth-order valence-corrected chi connectivity index (χ4v) is 4.37. The highest BCUT2D eigenvalue weighted by atomic mass is 16.2. The van der Waals surface area contributed by atoms with E-state index in [2.05, 4.69) is 40.6 Å². The molecule has 1 aliphatic heterocycles. The Bertz CT molecular complexity index is 1310. The molecule has 174 valence electrons. The van der Waals surface area contributed by atoms with E-state index in [1.165, 1.54) is 5.56 Å². The largest absolute Gasteiger partial charge is 0.337 e. The molecule has 0 radical (unpaired) electrons. The zero-order valence-electron chi connectivity index (χ0n) is 19.7. The van der Waals surface area contributed by atoms with Crippen LogP contribution in [0.5, 0.6) is 0 Å². The number of pyridine rings is 1. The lowest BCUT2D eigenvalue weighted by atomic mass is 10.0. The van der Waals surface area contributed by atoms with Crippen LogP contribution in [0.4, 0.5) is 11.6 Å². The van der Waals surface area contributed by atoms with Crippen molar-refractivity contribution in [2.75, 3.05) is 25.5 Å². The monoisotopic (exact) mass is 455 g/mol. The minimum Gasteiger partial charge on any atom is -0.337 e. The van der Waals surface area contributed by atoms with Gasteiger partial charge in [-0.05, 0) is 61.9 Å². The molecule has 0 spiro atoms. The van der Waals surface area contributed by atoms with Crippen LogP contribution in [0.25, 0.3) is 16.8 Å². The summed E-state index contributed by atoms with van der Waals surface area (Å²) in [5, 5.41) is 10.9. The maximum absolute atomic E-state index is 12.8. The number of aromatic nitrogens is 4. The molecule has 1 unspecified atom stereocenters. The Labute approximate surface area is 199 Å². The Morgan fingerprint density at radius 1 is 1.15 bits per heavy atom. The first kappa shape index (κ1) is 22.0. The Hall–Kier alpha value is -3.78. The third-order valence-corrected chi connectivity index (χ3v) is 6.40. The minimum atomic E-state index is 0.0681. The summed E-state index contributed by atoms with van der Waals surface area (Å²) in [6, 6.07) is 13.9. The number of hydrogen-bond acceptors (Lipinski definition) is 6. The van der Waals surface area contributed by atoms with Gasteiger partial charge in [0.25, 0.3) is 5.91 Å². The van der Waals surface area contributed by atoms with E-state index in [0.29, 0.717) is 23.5 Å². The molecule has 8 nitrogen and oxygen atoms in total. The number of carbonyl (C=O) groups is 1. The van der Waals surface area contributed by atoms with Crippen molar-refractivity contribution in [3.63, 3.8) is 0 Å². The first-order valence-electron chi connectivity index (χ1n) is 11.7. The Kier molecular flexibility index (Phi) is 5.98. The van der Waals surface area contributed by atoms with Crippen molar-refractivity contribution in [3.05, 3.63) is 72.2 Å². The first-order valence-corrected chi connectivity index (χ1v) is 11.7. The highest BCUT2D eigenvalue weighted by Gasteiger charge is 2.25. The molecule has 34 heavy (non-hydrogen) atoms. The van der Waals surface area contributed by atoms with E-state index in [4.69, 9.17) is 4.98 Å². The van der Waals surface area contributed by atoms with Crippen molar-refractivity contribution in [1.29, 1.82) is 0 Å². The standard InChI is InChI=1S/C26H29N7O/c1-17(2)22-15-29-33-13-9-19(14-24(22)33)23-8-11-28-26(31-23)30-20-6-4-18(5-7-20)25(34)32-12-10-21(16-32)27-3/h4-9,11,13-15,17,21,27H,10,12,16H2,1-3H3,(H,28,30,31).